The fourth-order valence-corrected chi connectivity index (χ4v) is 2.08. The predicted molar refractivity (Wildman–Crippen MR) is 71.8 cm³/mol. The lowest BCUT2D eigenvalue weighted by molar-refractivity contribution is -0.110. The highest BCUT2D eigenvalue weighted by Gasteiger charge is 2.15. The Labute approximate surface area is 102 Å². The molecule has 1 atom stereocenters. The van der Waals surface area contributed by atoms with Crippen LogP contribution >= 0.6 is 0 Å². The first kappa shape index (κ1) is 11.8. The van der Waals surface area contributed by atoms with Crippen LogP contribution in [0.3, 0.4) is 0 Å². The zero-order valence-corrected chi connectivity index (χ0v) is 10.7. The van der Waals surface area contributed by atoms with Crippen molar-refractivity contribution in [1.82, 2.24) is 0 Å². The van der Waals surface area contributed by atoms with Crippen molar-refractivity contribution in [3.63, 3.8) is 0 Å². The number of allylic oxidation sites excluding steroid dienone is 2. The standard InChI is InChI=1S/C16H18O/c1-4-11(2)9-14-10-13-7-5-6-8-15(13)12(3)16(14)17/h5-11H,4H2,1-3H3/b14-9-. The lowest BCUT2D eigenvalue weighted by Gasteiger charge is -2.11. The third-order valence-electron chi connectivity index (χ3n) is 3.39. The lowest BCUT2D eigenvalue weighted by Crippen LogP contribution is -2.32. The van der Waals surface area contributed by atoms with E-state index < -0.39 is 0 Å². The molecule has 0 heterocycles. The summed E-state index contributed by atoms with van der Waals surface area (Å²) in [5, 5.41) is 2.22. The summed E-state index contributed by atoms with van der Waals surface area (Å²) in [5.74, 6) is 0.618. The fraction of sp³-hybridized carbons (Fsp3) is 0.312. The number of carbonyl (C=O) groups is 1. The Bertz CT molecular complexity index is 590. The van der Waals surface area contributed by atoms with Crippen LogP contribution in [0, 0.1) is 5.92 Å². The van der Waals surface area contributed by atoms with Gasteiger partial charge in [-0.1, -0.05) is 50.6 Å². The number of Topliss-reactive ketones (excluding diaryl/α,β-unsaturated/α-hetero) is 1. The smallest absolute Gasteiger partial charge is 0.189 e. The third-order valence-corrected chi connectivity index (χ3v) is 3.39. The number of rotatable bonds is 2. The average molecular weight is 226 g/mol. The molecule has 17 heavy (non-hydrogen) atoms. The summed E-state index contributed by atoms with van der Waals surface area (Å²) in [4.78, 5) is 12.2. The van der Waals surface area contributed by atoms with Gasteiger partial charge in [0.15, 0.2) is 5.78 Å². The molecule has 0 aliphatic heterocycles. The van der Waals surface area contributed by atoms with Crippen LogP contribution in [0.2, 0.25) is 0 Å². The van der Waals surface area contributed by atoms with Crippen LogP contribution in [0.5, 0.6) is 0 Å². The van der Waals surface area contributed by atoms with E-state index in [1.54, 1.807) is 0 Å². The molecule has 0 amide bonds. The Balaban J connectivity index is 2.62. The van der Waals surface area contributed by atoms with Crippen molar-refractivity contribution < 1.29 is 4.79 Å². The highest BCUT2D eigenvalue weighted by molar-refractivity contribution is 6.27. The maximum absolute atomic E-state index is 12.2. The SMILES string of the molecule is CCC(C)/C=C1/C=c2ccccc2=C(C)C1=O. The molecule has 0 bridgehead atoms. The van der Waals surface area contributed by atoms with Gasteiger partial charge < -0.3 is 0 Å². The Kier molecular flexibility index (Phi) is 3.28. The average Bonchev–Trinajstić information content (AvgIpc) is 2.35. The van der Waals surface area contributed by atoms with E-state index in [0.717, 1.165) is 28.0 Å². The highest BCUT2D eigenvalue weighted by Crippen LogP contribution is 2.14. The first-order valence-corrected chi connectivity index (χ1v) is 6.17. The second kappa shape index (κ2) is 4.70. The molecule has 0 aromatic heterocycles. The summed E-state index contributed by atoms with van der Waals surface area (Å²) in [6.07, 6.45) is 5.16. The van der Waals surface area contributed by atoms with Gasteiger partial charge in [0.1, 0.15) is 0 Å². The number of hydrogen-bond acceptors (Lipinski definition) is 1. The van der Waals surface area contributed by atoms with Crippen molar-refractivity contribution in [3.8, 4) is 0 Å². The number of carbonyl (C=O) groups excluding carboxylic acids is 1. The summed E-state index contributed by atoms with van der Waals surface area (Å²) in [6, 6.07) is 8.07. The lowest BCUT2D eigenvalue weighted by atomic mass is 9.92. The molecule has 0 spiro atoms. The molecule has 0 fully saturated rings. The van der Waals surface area contributed by atoms with Crippen LogP contribution < -0.4 is 10.4 Å². The number of fused-ring (bicyclic) bond motifs is 1. The van der Waals surface area contributed by atoms with E-state index in [-0.39, 0.29) is 5.78 Å². The van der Waals surface area contributed by atoms with Gasteiger partial charge in [0.25, 0.3) is 0 Å². The van der Waals surface area contributed by atoms with Gasteiger partial charge in [-0.2, -0.15) is 0 Å². The van der Waals surface area contributed by atoms with Crippen LogP contribution in [-0.4, -0.2) is 5.78 Å². The first-order valence-electron chi connectivity index (χ1n) is 6.17. The molecule has 1 nitrogen and oxygen atoms in total. The van der Waals surface area contributed by atoms with Crippen LogP contribution in [0.25, 0.3) is 11.6 Å². The number of hydrogen-bond donors (Lipinski definition) is 0. The molecule has 1 unspecified atom stereocenters. The van der Waals surface area contributed by atoms with Gasteiger partial charge in [-0.3, -0.25) is 4.79 Å². The molecule has 1 aliphatic rings. The molecule has 1 aliphatic carbocycles. The molecule has 2 rings (SSSR count). The van der Waals surface area contributed by atoms with Crippen molar-refractivity contribution >= 4 is 17.4 Å². The molecule has 1 aromatic rings. The molecule has 0 saturated carbocycles. The van der Waals surface area contributed by atoms with Crippen LogP contribution in [0.15, 0.2) is 35.9 Å². The number of benzene rings is 1. The maximum Gasteiger partial charge on any atom is 0.189 e. The van der Waals surface area contributed by atoms with Gasteiger partial charge in [-0.25, -0.2) is 0 Å². The molecule has 0 radical (unpaired) electrons. The van der Waals surface area contributed by atoms with Crippen molar-refractivity contribution in [2.24, 2.45) is 5.92 Å². The van der Waals surface area contributed by atoms with Gasteiger partial charge in [-0.15, -0.1) is 0 Å². The van der Waals surface area contributed by atoms with Gasteiger partial charge in [0.05, 0.1) is 0 Å². The van der Waals surface area contributed by atoms with Gasteiger partial charge in [-0.05, 0) is 29.4 Å². The quantitative estimate of drug-likeness (QED) is 0.707. The van der Waals surface area contributed by atoms with Crippen molar-refractivity contribution in [3.05, 3.63) is 46.4 Å². The second-order valence-corrected chi connectivity index (χ2v) is 4.69. The van der Waals surface area contributed by atoms with Crippen LogP contribution in [-0.2, 0) is 4.79 Å². The second-order valence-electron chi connectivity index (χ2n) is 4.69. The molecule has 1 aromatic carbocycles. The minimum atomic E-state index is 0.170. The van der Waals surface area contributed by atoms with E-state index in [9.17, 15) is 4.79 Å². The molecule has 88 valence electrons. The fourth-order valence-electron chi connectivity index (χ4n) is 2.08. The summed E-state index contributed by atoms with van der Waals surface area (Å²) in [7, 11) is 0. The molecule has 0 saturated heterocycles. The monoisotopic (exact) mass is 226 g/mol. The maximum atomic E-state index is 12.2. The minimum absolute atomic E-state index is 0.170. The minimum Gasteiger partial charge on any atom is -0.289 e. The Hall–Kier alpha value is -1.63. The van der Waals surface area contributed by atoms with Gasteiger partial charge in [0.2, 0.25) is 0 Å². The van der Waals surface area contributed by atoms with E-state index in [1.165, 1.54) is 0 Å². The normalized spacial score (nSPS) is 18.9. The molecular weight excluding hydrogens is 208 g/mol. The van der Waals surface area contributed by atoms with E-state index in [4.69, 9.17) is 0 Å². The summed E-state index contributed by atoms with van der Waals surface area (Å²) >= 11 is 0. The van der Waals surface area contributed by atoms with Crippen LogP contribution in [0.4, 0.5) is 0 Å². The summed E-state index contributed by atoms with van der Waals surface area (Å²) in [6.45, 7) is 6.20. The first-order chi connectivity index (χ1) is 8.13. The Morgan fingerprint density at radius 1 is 1.29 bits per heavy atom. The topological polar surface area (TPSA) is 17.1 Å². The van der Waals surface area contributed by atoms with E-state index in [2.05, 4.69) is 26.0 Å². The summed E-state index contributed by atoms with van der Waals surface area (Å²) < 4.78 is 0. The zero-order valence-electron chi connectivity index (χ0n) is 10.7. The van der Waals surface area contributed by atoms with Crippen molar-refractivity contribution in [1.29, 1.82) is 0 Å². The molecular formula is C16H18O. The largest absolute Gasteiger partial charge is 0.289 e. The highest BCUT2D eigenvalue weighted by atomic mass is 16.1. The van der Waals surface area contributed by atoms with E-state index in [1.807, 2.05) is 31.2 Å². The zero-order chi connectivity index (χ0) is 12.4. The van der Waals surface area contributed by atoms with Gasteiger partial charge >= 0.3 is 0 Å². The van der Waals surface area contributed by atoms with E-state index in [0.29, 0.717) is 5.92 Å². The molecule has 1 heteroatoms. The Morgan fingerprint density at radius 3 is 2.71 bits per heavy atom. The predicted octanol–water partition coefficient (Wildman–Crippen LogP) is 2.19. The van der Waals surface area contributed by atoms with E-state index >= 15 is 0 Å². The molecule has 0 N–H and O–H groups in total. The summed E-state index contributed by atoms with van der Waals surface area (Å²) in [5.41, 5.74) is 1.70. The van der Waals surface area contributed by atoms with Gasteiger partial charge in [0, 0.05) is 11.1 Å². The van der Waals surface area contributed by atoms with Crippen molar-refractivity contribution in [2.45, 2.75) is 27.2 Å². The van der Waals surface area contributed by atoms with Crippen molar-refractivity contribution in [2.75, 3.05) is 0 Å². The Morgan fingerprint density at radius 2 is 2.00 bits per heavy atom. The van der Waals surface area contributed by atoms with Crippen LogP contribution in [0.1, 0.15) is 27.2 Å². The third kappa shape index (κ3) is 2.23. The number of ketones is 1.